The number of aliphatic hydroxyl groups is 1. The first kappa shape index (κ1) is 24.5. The molecule has 1 fully saturated rings. The van der Waals surface area contributed by atoms with Crippen LogP contribution in [-0.4, -0.2) is 47.3 Å². The van der Waals surface area contributed by atoms with Crippen LogP contribution in [0.15, 0.2) is 79.1 Å². The standard InChI is InChI=1S/C30H30N4O3/c1-20(35)17-27-21(2)31-28(33-29(27)34-13-15-37-16-14-34)18-22-7-11-26(12-8-22)32-30(36)25-10-9-23-5-3-4-6-24(23)19-25/h3-12,19,35H,1,13-18H2,2H3,(H,32,36). The second kappa shape index (κ2) is 10.8. The summed E-state index contributed by atoms with van der Waals surface area (Å²) in [5, 5.41) is 15.0. The first-order chi connectivity index (χ1) is 18.0. The number of aryl methyl sites for hydroxylation is 1. The second-order valence-corrected chi connectivity index (χ2v) is 9.26. The molecule has 1 aromatic heterocycles. The van der Waals surface area contributed by atoms with Crippen molar-refractivity contribution in [2.75, 3.05) is 36.5 Å². The van der Waals surface area contributed by atoms with Gasteiger partial charge < -0.3 is 20.1 Å². The molecule has 1 aliphatic rings. The number of allylic oxidation sites excluding steroid dienone is 1. The molecule has 0 aliphatic carbocycles. The molecule has 0 unspecified atom stereocenters. The summed E-state index contributed by atoms with van der Waals surface area (Å²) in [5.41, 5.74) is 4.11. The summed E-state index contributed by atoms with van der Waals surface area (Å²) in [4.78, 5) is 24.6. The van der Waals surface area contributed by atoms with Gasteiger partial charge in [-0.05, 0) is 47.5 Å². The van der Waals surface area contributed by atoms with Crippen LogP contribution in [0.5, 0.6) is 0 Å². The van der Waals surface area contributed by atoms with Crippen LogP contribution < -0.4 is 10.2 Å². The normalized spacial score (nSPS) is 13.5. The average Bonchev–Trinajstić information content (AvgIpc) is 2.91. The van der Waals surface area contributed by atoms with Gasteiger partial charge in [0.05, 0.1) is 19.0 Å². The molecule has 1 saturated heterocycles. The largest absolute Gasteiger partial charge is 0.513 e. The van der Waals surface area contributed by atoms with Gasteiger partial charge in [0.2, 0.25) is 0 Å². The fraction of sp³-hybridized carbons (Fsp3) is 0.233. The molecule has 188 valence electrons. The summed E-state index contributed by atoms with van der Waals surface area (Å²) >= 11 is 0. The number of carbonyl (C=O) groups excluding carboxylic acids is 1. The number of fused-ring (bicyclic) bond motifs is 1. The van der Waals surface area contributed by atoms with E-state index in [0.29, 0.717) is 37.4 Å². The third-order valence-corrected chi connectivity index (χ3v) is 6.52. The van der Waals surface area contributed by atoms with Crippen molar-refractivity contribution in [1.29, 1.82) is 0 Å². The number of nitrogens with zero attached hydrogens (tertiary/aromatic N) is 3. The smallest absolute Gasteiger partial charge is 0.255 e. The Morgan fingerprint density at radius 1 is 1.03 bits per heavy atom. The van der Waals surface area contributed by atoms with Crippen LogP contribution in [0.1, 0.15) is 33.0 Å². The summed E-state index contributed by atoms with van der Waals surface area (Å²) in [6, 6.07) is 21.4. The van der Waals surface area contributed by atoms with Gasteiger partial charge in [-0.15, -0.1) is 0 Å². The SMILES string of the molecule is C=C(O)Cc1c(C)nc(Cc2ccc(NC(=O)c3ccc4ccccc4c3)cc2)nc1N1CCOCC1. The highest BCUT2D eigenvalue weighted by Gasteiger charge is 2.20. The van der Waals surface area contributed by atoms with E-state index in [4.69, 9.17) is 14.7 Å². The molecule has 0 atom stereocenters. The van der Waals surface area contributed by atoms with Crippen molar-refractivity contribution in [3.8, 4) is 0 Å². The highest BCUT2D eigenvalue weighted by molar-refractivity contribution is 6.06. The molecule has 7 heteroatoms. The molecule has 5 rings (SSSR count). The van der Waals surface area contributed by atoms with Crippen molar-refractivity contribution < 1.29 is 14.6 Å². The Balaban J connectivity index is 1.31. The predicted octanol–water partition coefficient (Wildman–Crippen LogP) is 5.23. The van der Waals surface area contributed by atoms with Crippen LogP contribution in [0.4, 0.5) is 11.5 Å². The molecule has 37 heavy (non-hydrogen) atoms. The summed E-state index contributed by atoms with van der Waals surface area (Å²) in [6.45, 7) is 8.37. The zero-order valence-corrected chi connectivity index (χ0v) is 20.9. The quantitative estimate of drug-likeness (QED) is 0.342. The number of carbonyl (C=O) groups is 1. The molecule has 0 spiro atoms. The minimum absolute atomic E-state index is 0.0929. The lowest BCUT2D eigenvalue weighted by molar-refractivity contribution is 0.102. The zero-order valence-electron chi connectivity index (χ0n) is 20.9. The molecule has 1 aliphatic heterocycles. The fourth-order valence-electron chi connectivity index (χ4n) is 4.59. The summed E-state index contributed by atoms with van der Waals surface area (Å²) in [7, 11) is 0. The van der Waals surface area contributed by atoms with Crippen LogP contribution in [0.2, 0.25) is 0 Å². The van der Waals surface area contributed by atoms with Gasteiger partial charge in [0, 0.05) is 48.4 Å². The van der Waals surface area contributed by atoms with Crippen molar-refractivity contribution in [2.45, 2.75) is 19.8 Å². The molecular weight excluding hydrogens is 464 g/mol. The van der Waals surface area contributed by atoms with Gasteiger partial charge in [-0.2, -0.15) is 0 Å². The molecule has 0 bridgehead atoms. The van der Waals surface area contributed by atoms with Crippen molar-refractivity contribution in [2.24, 2.45) is 0 Å². The van der Waals surface area contributed by atoms with E-state index in [9.17, 15) is 9.90 Å². The first-order valence-electron chi connectivity index (χ1n) is 12.4. The lowest BCUT2D eigenvalue weighted by atomic mass is 10.1. The lowest BCUT2D eigenvalue weighted by Crippen LogP contribution is -2.38. The molecule has 2 N–H and O–H groups in total. The highest BCUT2D eigenvalue weighted by Crippen LogP contribution is 2.25. The van der Waals surface area contributed by atoms with E-state index in [1.54, 1.807) is 0 Å². The zero-order chi connectivity index (χ0) is 25.8. The van der Waals surface area contributed by atoms with Gasteiger partial charge in [0.25, 0.3) is 5.91 Å². The topological polar surface area (TPSA) is 87.6 Å². The molecule has 0 radical (unpaired) electrons. The molecular formula is C30H30N4O3. The van der Waals surface area contributed by atoms with Crippen molar-refractivity contribution in [3.63, 3.8) is 0 Å². The van der Waals surface area contributed by atoms with E-state index in [2.05, 4.69) is 16.8 Å². The number of aliphatic hydroxyl groups excluding tert-OH is 1. The number of morpholine rings is 1. The maximum absolute atomic E-state index is 12.8. The van der Waals surface area contributed by atoms with Gasteiger partial charge in [-0.3, -0.25) is 4.79 Å². The number of hydrogen-bond acceptors (Lipinski definition) is 6. The van der Waals surface area contributed by atoms with E-state index < -0.39 is 0 Å². The van der Waals surface area contributed by atoms with Gasteiger partial charge in [-0.25, -0.2) is 9.97 Å². The summed E-state index contributed by atoms with van der Waals surface area (Å²) < 4.78 is 5.50. The van der Waals surface area contributed by atoms with Crippen LogP contribution in [0.3, 0.4) is 0 Å². The van der Waals surface area contributed by atoms with Crippen LogP contribution in [0, 0.1) is 6.92 Å². The van der Waals surface area contributed by atoms with E-state index >= 15 is 0 Å². The predicted molar refractivity (Wildman–Crippen MR) is 146 cm³/mol. The lowest BCUT2D eigenvalue weighted by Gasteiger charge is -2.30. The molecule has 3 aromatic carbocycles. The maximum atomic E-state index is 12.8. The van der Waals surface area contributed by atoms with Crippen molar-refractivity contribution >= 4 is 28.2 Å². The van der Waals surface area contributed by atoms with Crippen LogP contribution in [-0.2, 0) is 17.6 Å². The van der Waals surface area contributed by atoms with E-state index in [0.717, 1.165) is 52.2 Å². The van der Waals surface area contributed by atoms with Crippen molar-refractivity contribution in [1.82, 2.24) is 9.97 Å². The van der Waals surface area contributed by atoms with Gasteiger partial charge in [0.1, 0.15) is 11.6 Å². The minimum atomic E-state index is -0.145. The summed E-state index contributed by atoms with van der Waals surface area (Å²) in [5.74, 6) is 1.49. The number of rotatable bonds is 7. The maximum Gasteiger partial charge on any atom is 0.255 e. The number of benzene rings is 3. The minimum Gasteiger partial charge on any atom is -0.513 e. The van der Waals surface area contributed by atoms with E-state index in [1.807, 2.05) is 73.7 Å². The Hall–Kier alpha value is -4.23. The third kappa shape index (κ3) is 5.78. The average molecular weight is 495 g/mol. The Labute approximate surface area is 216 Å². The molecule has 7 nitrogen and oxygen atoms in total. The van der Waals surface area contributed by atoms with E-state index in [1.165, 1.54) is 0 Å². The monoisotopic (exact) mass is 494 g/mol. The number of amides is 1. The Bertz CT molecular complexity index is 1440. The molecule has 1 amide bonds. The number of aromatic nitrogens is 2. The van der Waals surface area contributed by atoms with Gasteiger partial charge >= 0.3 is 0 Å². The molecule has 4 aromatic rings. The van der Waals surface area contributed by atoms with Crippen molar-refractivity contribution in [3.05, 3.63) is 107 Å². The highest BCUT2D eigenvalue weighted by atomic mass is 16.5. The number of hydrogen-bond donors (Lipinski definition) is 2. The number of anilines is 2. The van der Waals surface area contributed by atoms with E-state index in [-0.39, 0.29) is 11.7 Å². The second-order valence-electron chi connectivity index (χ2n) is 9.26. The fourth-order valence-corrected chi connectivity index (χ4v) is 4.59. The molecule has 2 heterocycles. The Morgan fingerprint density at radius 2 is 1.76 bits per heavy atom. The van der Waals surface area contributed by atoms with Crippen LogP contribution in [0.25, 0.3) is 10.8 Å². The first-order valence-corrected chi connectivity index (χ1v) is 12.4. The Morgan fingerprint density at radius 3 is 2.49 bits per heavy atom. The van der Waals surface area contributed by atoms with Gasteiger partial charge in [-0.1, -0.05) is 49.0 Å². The summed E-state index contributed by atoms with van der Waals surface area (Å²) in [6.07, 6.45) is 0.877. The number of nitrogens with one attached hydrogen (secondary N) is 1. The Kier molecular flexibility index (Phi) is 7.14. The third-order valence-electron chi connectivity index (χ3n) is 6.52. The van der Waals surface area contributed by atoms with Crippen LogP contribution >= 0.6 is 0 Å². The molecule has 0 saturated carbocycles. The van der Waals surface area contributed by atoms with Gasteiger partial charge in [0.15, 0.2) is 0 Å². The number of ether oxygens (including phenoxy) is 1.